The van der Waals surface area contributed by atoms with E-state index in [1.165, 1.54) is 12.7 Å². The molecule has 2 saturated heterocycles. The molecule has 0 aromatic rings. The van der Waals surface area contributed by atoms with Crippen LogP contribution in [-0.2, 0) is 14.8 Å². The molecule has 3 atom stereocenters. The van der Waals surface area contributed by atoms with E-state index in [1.54, 1.807) is 4.31 Å². The van der Waals surface area contributed by atoms with Crippen LogP contribution >= 0.6 is 24.0 Å². The van der Waals surface area contributed by atoms with Gasteiger partial charge in [0.25, 0.3) is 0 Å². The molecule has 0 bridgehead atoms. The summed E-state index contributed by atoms with van der Waals surface area (Å²) >= 11 is 0. The van der Waals surface area contributed by atoms with Gasteiger partial charge in [-0.1, -0.05) is 13.8 Å². The summed E-state index contributed by atoms with van der Waals surface area (Å²) in [7, 11) is -1.25. The van der Waals surface area contributed by atoms with E-state index >= 15 is 0 Å². The maximum absolute atomic E-state index is 11.6. The summed E-state index contributed by atoms with van der Waals surface area (Å²) in [4.78, 5) is 4.40. The molecular weight excluding hydrogens is 479 g/mol. The van der Waals surface area contributed by atoms with Crippen molar-refractivity contribution in [1.82, 2.24) is 14.9 Å². The Labute approximate surface area is 181 Å². The van der Waals surface area contributed by atoms with E-state index in [9.17, 15) is 8.42 Å². The van der Waals surface area contributed by atoms with Crippen molar-refractivity contribution in [2.45, 2.75) is 51.7 Å². The minimum Gasteiger partial charge on any atom is -0.377 e. The molecule has 2 N–H and O–H groups in total. The lowest BCUT2D eigenvalue weighted by Crippen LogP contribution is -2.71. The van der Waals surface area contributed by atoms with Crippen LogP contribution in [0.3, 0.4) is 0 Å². The minimum atomic E-state index is -3.06. The van der Waals surface area contributed by atoms with Crippen LogP contribution in [0.25, 0.3) is 0 Å². The molecule has 3 rings (SSSR count). The van der Waals surface area contributed by atoms with Gasteiger partial charge in [-0.25, -0.2) is 12.7 Å². The normalized spacial score (nSPS) is 32.0. The number of sulfonamides is 1. The molecule has 3 fully saturated rings. The molecule has 1 saturated carbocycles. The van der Waals surface area contributed by atoms with E-state index < -0.39 is 10.0 Å². The highest BCUT2D eigenvalue weighted by molar-refractivity contribution is 14.0. The molecule has 3 unspecified atom stereocenters. The molecule has 9 heteroatoms. The monoisotopic (exact) mass is 514 g/mol. The summed E-state index contributed by atoms with van der Waals surface area (Å²) in [5, 5.41) is 7.07. The van der Waals surface area contributed by atoms with Crippen LogP contribution in [0.5, 0.6) is 0 Å². The Morgan fingerprint density at radius 3 is 2.52 bits per heavy atom. The third-order valence-corrected chi connectivity index (χ3v) is 7.75. The molecule has 0 aromatic heterocycles. The number of guanidine groups is 1. The van der Waals surface area contributed by atoms with Gasteiger partial charge in [0.05, 0.1) is 12.4 Å². The average Bonchev–Trinajstić information content (AvgIpc) is 2.61. The number of hydrogen-bond acceptors (Lipinski definition) is 4. The first-order chi connectivity index (χ1) is 12.2. The first-order valence-corrected chi connectivity index (χ1v) is 11.6. The fraction of sp³-hybridized carbons (Fsp3) is 0.944. The van der Waals surface area contributed by atoms with Crippen molar-refractivity contribution in [1.29, 1.82) is 0 Å². The van der Waals surface area contributed by atoms with Crippen molar-refractivity contribution in [2.75, 3.05) is 39.5 Å². The average molecular weight is 514 g/mol. The SMILES string of the molecule is CN=C(NCC1CCN(S(C)(=O)=O)CC1)NC1C2CCCOC2C1(C)C.I. The number of ether oxygens (including phenoxy) is 1. The summed E-state index contributed by atoms with van der Waals surface area (Å²) in [5.41, 5.74) is 0.115. The summed E-state index contributed by atoms with van der Waals surface area (Å²) in [5.74, 6) is 1.89. The Kier molecular flexibility index (Phi) is 7.83. The van der Waals surface area contributed by atoms with Crippen LogP contribution in [-0.4, -0.2) is 70.4 Å². The van der Waals surface area contributed by atoms with E-state index in [2.05, 4.69) is 29.5 Å². The predicted molar refractivity (Wildman–Crippen MR) is 119 cm³/mol. The second kappa shape index (κ2) is 9.13. The van der Waals surface area contributed by atoms with Gasteiger partial charge in [0, 0.05) is 50.7 Å². The molecule has 158 valence electrons. The fourth-order valence-corrected chi connectivity index (χ4v) is 5.72. The molecule has 1 aliphatic carbocycles. The van der Waals surface area contributed by atoms with Crippen LogP contribution in [0.4, 0.5) is 0 Å². The number of halogens is 1. The Balaban J connectivity index is 0.00000261. The zero-order valence-corrected chi connectivity index (χ0v) is 20.0. The van der Waals surface area contributed by atoms with E-state index in [4.69, 9.17) is 4.74 Å². The zero-order chi connectivity index (χ0) is 18.9. The van der Waals surface area contributed by atoms with Gasteiger partial charge in [-0.2, -0.15) is 0 Å². The van der Waals surface area contributed by atoms with Gasteiger partial charge in [-0.3, -0.25) is 4.99 Å². The Morgan fingerprint density at radius 1 is 1.26 bits per heavy atom. The highest BCUT2D eigenvalue weighted by Gasteiger charge is 2.58. The molecular formula is C18H35IN4O3S. The second-order valence-corrected chi connectivity index (χ2v) is 10.6. The number of rotatable bonds is 4. The van der Waals surface area contributed by atoms with Crippen LogP contribution < -0.4 is 10.6 Å². The minimum absolute atomic E-state index is 0. The van der Waals surface area contributed by atoms with Gasteiger partial charge in [0.1, 0.15) is 0 Å². The van der Waals surface area contributed by atoms with Crippen LogP contribution in [0.2, 0.25) is 0 Å². The number of nitrogens with one attached hydrogen (secondary N) is 2. The number of hydrogen-bond donors (Lipinski definition) is 2. The Hall–Kier alpha value is -0.130. The molecule has 27 heavy (non-hydrogen) atoms. The van der Waals surface area contributed by atoms with E-state index in [-0.39, 0.29) is 29.4 Å². The summed E-state index contributed by atoms with van der Waals surface area (Å²) in [6.07, 6.45) is 5.79. The Bertz CT molecular complexity index is 633. The van der Waals surface area contributed by atoms with Gasteiger partial charge >= 0.3 is 0 Å². The van der Waals surface area contributed by atoms with Gasteiger partial charge in [-0.15, -0.1) is 24.0 Å². The quantitative estimate of drug-likeness (QED) is 0.339. The van der Waals surface area contributed by atoms with E-state index in [1.807, 2.05) is 7.05 Å². The maximum Gasteiger partial charge on any atom is 0.211 e. The van der Waals surface area contributed by atoms with Crippen molar-refractivity contribution < 1.29 is 13.2 Å². The van der Waals surface area contributed by atoms with Crippen LogP contribution in [0.15, 0.2) is 4.99 Å². The third kappa shape index (κ3) is 5.08. The highest BCUT2D eigenvalue weighted by atomic mass is 127. The van der Waals surface area contributed by atoms with E-state index in [0.717, 1.165) is 38.4 Å². The topological polar surface area (TPSA) is 83.0 Å². The zero-order valence-electron chi connectivity index (χ0n) is 16.9. The molecule has 0 radical (unpaired) electrons. The van der Waals surface area contributed by atoms with Crippen molar-refractivity contribution >= 4 is 40.0 Å². The number of piperidine rings is 1. The van der Waals surface area contributed by atoms with E-state index in [0.29, 0.717) is 37.1 Å². The van der Waals surface area contributed by atoms with Crippen molar-refractivity contribution in [3.63, 3.8) is 0 Å². The molecule has 2 heterocycles. The number of aliphatic imine (C=N–C) groups is 1. The van der Waals surface area contributed by atoms with Crippen molar-refractivity contribution in [3.8, 4) is 0 Å². The molecule has 0 aromatic carbocycles. The van der Waals surface area contributed by atoms with Crippen LogP contribution in [0.1, 0.15) is 39.5 Å². The lowest BCUT2D eigenvalue weighted by Gasteiger charge is -2.60. The van der Waals surface area contributed by atoms with Crippen LogP contribution in [0, 0.1) is 17.3 Å². The number of fused-ring (bicyclic) bond motifs is 1. The molecule has 0 amide bonds. The van der Waals surface area contributed by atoms with Crippen molar-refractivity contribution in [2.24, 2.45) is 22.2 Å². The standard InChI is InChI=1S/C18H34N4O3S.HI/c1-18(2)15(14-6-5-11-25-16(14)18)21-17(19-3)20-12-13-7-9-22(10-8-13)26(4,23)24;/h13-16H,5-12H2,1-4H3,(H2,19,20,21);1H. The molecule has 3 aliphatic rings. The van der Waals surface area contributed by atoms with Gasteiger partial charge in [0.2, 0.25) is 10.0 Å². The fourth-order valence-electron chi connectivity index (χ4n) is 4.84. The highest BCUT2D eigenvalue weighted by Crippen LogP contribution is 2.51. The summed E-state index contributed by atoms with van der Waals surface area (Å²) in [6, 6.07) is 0.381. The van der Waals surface area contributed by atoms with Gasteiger partial charge in [0.15, 0.2) is 5.96 Å². The lowest BCUT2D eigenvalue weighted by atomic mass is 9.55. The maximum atomic E-state index is 11.6. The second-order valence-electron chi connectivity index (χ2n) is 8.60. The first-order valence-electron chi connectivity index (χ1n) is 9.77. The van der Waals surface area contributed by atoms with Crippen molar-refractivity contribution in [3.05, 3.63) is 0 Å². The van der Waals surface area contributed by atoms with Gasteiger partial charge < -0.3 is 15.4 Å². The Morgan fingerprint density at radius 2 is 1.93 bits per heavy atom. The molecule has 2 aliphatic heterocycles. The van der Waals surface area contributed by atoms with Gasteiger partial charge in [-0.05, 0) is 31.6 Å². The smallest absolute Gasteiger partial charge is 0.211 e. The summed E-state index contributed by atoms with van der Waals surface area (Å²) in [6.45, 7) is 7.49. The first kappa shape index (κ1) is 23.2. The molecule has 7 nitrogen and oxygen atoms in total. The number of nitrogens with zero attached hydrogens (tertiary/aromatic N) is 2. The molecule has 0 spiro atoms. The summed E-state index contributed by atoms with van der Waals surface area (Å²) < 4.78 is 30.8. The predicted octanol–water partition coefficient (Wildman–Crippen LogP) is 1.64. The third-order valence-electron chi connectivity index (χ3n) is 6.45. The largest absolute Gasteiger partial charge is 0.377 e. The lowest BCUT2D eigenvalue weighted by molar-refractivity contribution is -0.188.